The molecule has 1 heterocycles. The van der Waals surface area contributed by atoms with E-state index >= 15 is 0 Å². The second-order valence-corrected chi connectivity index (χ2v) is 6.41. The van der Waals surface area contributed by atoms with E-state index in [1.807, 2.05) is 24.3 Å². The summed E-state index contributed by atoms with van der Waals surface area (Å²) < 4.78 is 0. The van der Waals surface area contributed by atoms with Crippen molar-refractivity contribution >= 4 is 28.1 Å². The summed E-state index contributed by atoms with van der Waals surface area (Å²) in [7, 11) is 2.06. The van der Waals surface area contributed by atoms with Gasteiger partial charge >= 0.3 is 0 Å². The van der Waals surface area contributed by atoms with Crippen molar-refractivity contribution in [2.45, 2.75) is 33.0 Å². The number of anilines is 1. The number of nitrogens with one attached hydrogen (secondary N) is 1. The van der Waals surface area contributed by atoms with Crippen LogP contribution in [0.15, 0.2) is 29.6 Å². The quantitative estimate of drug-likeness (QED) is 0.876. The van der Waals surface area contributed by atoms with Gasteiger partial charge in [0.2, 0.25) is 0 Å². The molecule has 0 saturated heterocycles. The Balaban J connectivity index is 1.95. The predicted octanol–water partition coefficient (Wildman–Crippen LogP) is 3.93. The monoisotopic (exact) mass is 309 g/mol. The van der Waals surface area contributed by atoms with E-state index in [1.54, 1.807) is 11.3 Å². The highest BCUT2D eigenvalue weighted by molar-refractivity contribution is 7.13. The molecule has 1 aromatic heterocycles. The third-order valence-electron chi connectivity index (χ3n) is 2.89. The van der Waals surface area contributed by atoms with E-state index in [-0.39, 0.29) is 0 Å². The van der Waals surface area contributed by atoms with Gasteiger partial charge in [-0.1, -0.05) is 37.6 Å². The Labute approximate surface area is 129 Å². The summed E-state index contributed by atoms with van der Waals surface area (Å²) in [6, 6.07) is 8.42. The van der Waals surface area contributed by atoms with Crippen LogP contribution >= 0.6 is 22.9 Å². The van der Waals surface area contributed by atoms with Gasteiger partial charge in [-0.05, 0) is 17.7 Å². The average molecular weight is 310 g/mol. The minimum absolute atomic E-state index is 0.479. The normalized spacial score (nSPS) is 11.1. The first-order chi connectivity index (χ1) is 9.54. The zero-order valence-corrected chi connectivity index (χ0v) is 13.6. The van der Waals surface area contributed by atoms with Gasteiger partial charge in [0.25, 0.3) is 0 Å². The highest BCUT2D eigenvalue weighted by Crippen LogP contribution is 2.21. The molecule has 0 atom stereocenters. The maximum atomic E-state index is 5.90. The lowest BCUT2D eigenvalue weighted by molar-refractivity contribution is 0.583. The highest BCUT2D eigenvalue weighted by atomic mass is 35.5. The van der Waals surface area contributed by atoms with Gasteiger partial charge in [-0.3, -0.25) is 0 Å². The first-order valence-corrected chi connectivity index (χ1v) is 7.93. The van der Waals surface area contributed by atoms with Crippen LogP contribution in [-0.4, -0.2) is 18.1 Å². The molecule has 0 radical (unpaired) electrons. The maximum absolute atomic E-state index is 5.90. The molecule has 0 aliphatic carbocycles. The van der Waals surface area contributed by atoms with Gasteiger partial charge in [-0.25, -0.2) is 4.98 Å². The Morgan fingerprint density at radius 2 is 2.00 bits per heavy atom. The number of nitrogens with zero attached hydrogens (tertiary/aromatic N) is 2. The summed E-state index contributed by atoms with van der Waals surface area (Å²) in [5.41, 5.74) is 2.33. The topological polar surface area (TPSA) is 28.2 Å². The van der Waals surface area contributed by atoms with Crippen molar-refractivity contribution in [3.63, 3.8) is 0 Å². The summed E-state index contributed by atoms with van der Waals surface area (Å²) in [6.45, 7) is 5.94. The van der Waals surface area contributed by atoms with Crippen LogP contribution in [0, 0.1) is 0 Å². The Kier molecular flexibility index (Phi) is 5.40. The van der Waals surface area contributed by atoms with Crippen molar-refractivity contribution in [2.24, 2.45) is 0 Å². The number of rotatable bonds is 6. The molecule has 1 aromatic carbocycles. The molecule has 0 bridgehead atoms. The van der Waals surface area contributed by atoms with Gasteiger partial charge in [0, 0.05) is 36.6 Å². The standard InChI is InChI=1S/C15H20ClN3S/c1-11(2)17-8-14-10-20-15(18-14)19(3)9-12-4-6-13(16)7-5-12/h4-7,10-11,17H,8-9H2,1-3H3. The molecule has 5 heteroatoms. The van der Waals surface area contributed by atoms with Crippen molar-refractivity contribution < 1.29 is 0 Å². The lowest BCUT2D eigenvalue weighted by atomic mass is 10.2. The first-order valence-electron chi connectivity index (χ1n) is 6.68. The van der Waals surface area contributed by atoms with E-state index in [4.69, 9.17) is 11.6 Å². The molecule has 0 aliphatic heterocycles. The van der Waals surface area contributed by atoms with Gasteiger partial charge in [0.05, 0.1) is 5.69 Å². The van der Waals surface area contributed by atoms with Crippen LogP contribution < -0.4 is 10.2 Å². The third kappa shape index (κ3) is 4.47. The molecule has 2 aromatic rings. The molecule has 1 N–H and O–H groups in total. The second-order valence-electron chi connectivity index (χ2n) is 5.14. The third-order valence-corrected chi connectivity index (χ3v) is 4.15. The Morgan fingerprint density at radius 3 is 2.65 bits per heavy atom. The van der Waals surface area contributed by atoms with Crippen LogP contribution in [0.4, 0.5) is 5.13 Å². The van der Waals surface area contributed by atoms with Crippen LogP contribution in [-0.2, 0) is 13.1 Å². The van der Waals surface area contributed by atoms with Crippen molar-refractivity contribution in [1.82, 2.24) is 10.3 Å². The molecule has 0 amide bonds. The summed E-state index contributed by atoms with van der Waals surface area (Å²) in [5.74, 6) is 0. The van der Waals surface area contributed by atoms with Crippen LogP contribution in [0.5, 0.6) is 0 Å². The molecule has 2 rings (SSSR count). The molecule has 0 fully saturated rings. The van der Waals surface area contributed by atoms with Crippen molar-refractivity contribution in [1.29, 1.82) is 0 Å². The molecule has 3 nitrogen and oxygen atoms in total. The fourth-order valence-electron chi connectivity index (χ4n) is 1.79. The van der Waals surface area contributed by atoms with Crippen molar-refractivity contribution in [2.75, 3.05) is 11.9 Å². The highest BCUT2D eigenvalue weighted by Gasteiger charge is 2.08. The van der Waals surface area contributed by atoms with Crippen LogP contribution in [0.1, 0.15) is 25.1 Å². The molecule has 0 saturated carbocycles. The molecule has 0 aliphatic rings. The summed E-state index contributed by atoms with van der Waals surface area (Å²) in [4.78, 5) is 6.81. The van der Waals surface area contributed by atoms with Crippen molar-refractivity contribution in [3.05, 3.63) is 45.9 Å². The number of hydrogen-bond acceptors (Lipinski definition) is 4. The molecular weight excluding hydrogens is 290 g/mol. The number of hydrogen-bond donors (Lipinski definition) is 1. The zero-order chi connectivity index (χ0) is 14.5. The number of halogens is 1. The van der Waals surface area contributed by atoms with Crippen molar-refractivity contribution in [3.8, 4) is 0 Å². The number of aromatic nitrogens is 1. The van der Waals surface area contributed by atoms with E-state index in [0.29, 0.717) is 6.04 Å². The van der Waals surface area contributed by atoms with Gasteiger partial charge in [-0.15, -0.1) is 11.3 Å². The van der Waals surface area contributed by atoms with Gasteiger partial charge < -0.3 is 10.2 Å². The van der Waals surface area contributed by atoms with E-state index in [0.717, 1.165) is 28.9 Å². The minimum Gasteiger partial charge on any atom is -0.347 e. The summed E-state index contributed by atoms with van der Waals surface area (Å²) in [5, 5.41) is 7.31. The second kappa shape index (κ2) is 7.07. The summed E-state index contributed by atoms with van der Waals surface area (Å²) in [6.07, 6.45) is 0. The lowest BCUT2D eigenvalue weighted by Crippen LogP contribution is -2.22. The Morgan fingerprint density at radius 1 is 1.30 bits per heavy atom. The molecule has 0 unspecified atom stereocenters. The van der Waals surface area contributed by atoms with Gasteiger partial charge in [-0.2, -0.15) is 0 Å². The smallest absolute Gasteiger partial charge is 0.185 e. The fourth-order valence-corrected chi connectivity index (χ4v) is 2.71. The van der Waals surface area contributed by atoms with Crippen LogP contribution in [0.2, 0.25) is 5.02 Å². The number of thiazole rings is 1. The maximum Gasteiger partial charge on any atom is 0.185 e. The average Bonchev–Trinajstić information content (AvgIpc) is 2.88. The largest absolute Gasteiger partial charge is 0.347 e. The molecule has 20 heavy (non-hydrogen) atoms. The molecular formula is C15H20ClN3S. The van der Waals surface area contributed by atoms with E-state index < -0.39 is 0 Å². The van der Waals surface area contributed by atoms with Crippen LogP contribution in [0.3, 0.4) is 0 Å². The first kappa shape index (κ1) is 15.3. The lowest BCUT2D eigenvalue weighted by Gasteiger charge is -2.15. The molecule has 108 valence electrons. The van der Waals surface area contributed by atoms with E-state index in [2.05, 4.69) is 41.5 Å². The predicted molar refractivity (Wildman–Crippen MR) is 87.6 cm³/mol. The van der Waals surface area contributed by atoms with E-state index in [9.17, 15) is 0 Å². The van der Waals surface area contributed by atoms with Gasteiger partial charge in [0.15, 0.2) is 5.13 Å². The molecule has 0 spiro atoms. The van der Waals surface area contributed by atoms with Crippen LogP contribution in [0.25, 0.3) is 0 Å². The van der Waals surface area contributed by atoms with Gasteiger partial charge in [0.1, 0.15) is 0 Å². The minimum atomic E-state index is 0.479. The van der Waals surface area contributed by atoms with E-state index in [1.165, 1.54) is 5.56 Å². The summed E-state index contributed by atoms with van der Waals surface area (Å²) >= 11 is 7.58. The fraction of sp³-hybridized carbons (Fsp3) is 0.400. The Hall–Kier alpha value is -1.10. The Bertz CT molecular complexity index is 536. The zero-order valence-electron chi connectivity index (χ0n) is 12.1. The number of benzene rings is 1. The SMILES string of the molecule is CC(C)NCc1csc(N(C)Cc2ccc(Cl)cc2)n1.